The van der Waals surface area contributed by atoms with Crippen LogP contribution in [-0.4, -0.2) is 57.5 Å². The number of hydrogen-bond acceptors (Lipinski definition) is 5. The van der Waals surface area contributed by atoms with E-state index in [1.165, 1.54) is 23.9 Å². The standard InChI is InChI=1S/C25H26F3N5O2/c1-16(2)23-21(15-30-33(23)22-9-6-19(14-29-22)25(26,27)28)24(35)32-12-10-31(11-13-32)20-7-4-18(5-8-20)17(3)34/h4-9,14-16H,10-13H2,1-3H3. The second kappa shape index (κ2) is 9.52. The maximum Gasteiger partial charge on any atom is 0.417 e. The molecule has 1 aliphatic heterocycles. The number of pyridine rings is 1. The largest absolute Gasteiger partial charge is 0.417 e. The fraction of sp³-hybridized carbons (Fsp3) is 0.360. The minimum absolute atomic E-state index is 0.0139. The molecule has 1 aliphatic rings. The highest BCUT2D eigenvalue weighted by molar-refractivity contribution is 5.96. The molecule has 0 spiro atoms. The van der Waals surface area contributed by atoms with Crippen molar-refractivity contribution in [1.29, 1.82) is 0 Å². The molecule has 0 N–H and O–H groups in total. The molecule has 35 heavy (non-hydrogen) atoms. The molecule has 0 saturated carbocycles. The van der Waals surface area contributed by atoms with Crippen molar-refractivity contribution in [2.24, 2.45) is 0 Å². The van der Waals surface area contributed by atoms with E-state index in [9.17, 15) is 22.8 Å². The summed E-state index contributed by atoms with van der Waals surface area (Å²) in [6.07, 6.45) is -2.25. The molecule has 7 nitrogen and oxygen atoms in total. The zero-order valence-electron chi connectivity index (χ0n) is 19.7. The van der Waals surface area contributed by atoms with E-state index >= 15 is 0 Å². The van der Waals surface area contributed by atoms with Gasteiger partial charge < -0.3 is 9.80 Å². The first kappa shape index (κ1) is 24.4. The Morgan fingerprint density at radius 1 is 0.943 bits per heavy atom. The van der Waals surface area contributed by atoms with Crippen LogP contribution < -0.4 is 4.90 Å². The monoisotopic (exact) mass is 485 g/mol. The second-order valence-electron chi connectivity index (χ2n) is 8.80. The summed E-state index contributed by atoms with van der Waals surface area (Å²) in [4.78, 5) is 32.7. The maximum absolute atomic E-state index is 13.4. The van der Waals surface area contributed by atoms with Crippen molar-refractivity contribution in [3.8, 4) is 5.82 Å². The molecule has 1 amide bonds. The fourth-order valence-corrected chi connectivity index (χ4v) is 4.18. The summed E-state index contributed by atoms with van der Waals surface area (Å²) in [5, 5.41) is 4.29. The first-order valence-corrected chi connectivity index (χ1v) is 11.3. The molecule has 4 rings (SSSR count). The fourth-order valence-electron chi connectivity index (χ4n) is 4.18. The van der Waals surface area contributed by atoms with Gasteiger partial charge in [-0.25, -0.2) is 9.67 Å². The molecule has 0 aliphatic carbocycles. The number of rotatable bonds is 5. The van der Waals surface area contributed by atoms with Crippen molar-refractivity contribution in [3.05, 3.63) is 71.2 Å². The second-order valence-corrected chi connectivity index (χ2v) is 8.80. The van der Waals surface area contributed by atoms with Gasteiger partial charge in [0.15, 0.2) is 11.6 Å². The predicted molar refractivity (Wildman–Crippen MR) is 125 cm³/mol. The van der Waals surface area contributed by atoms with Gasteiger partial charge in [-0.05, 0) is 49.2 Å². The Bertz CT molecular complexity index is 1210. The Hall–Kier alpha value is -3.69. The lowest BCUT2D eigenvalue weighted by atomic mass is 10.0. The van der Waals surface area contributed by atoms with E-state index in [-0.39, 0.29) is 23.4 Å². The van der Waals surface area contributed by atoms with E-state index in [1.54, 1.807) is 17.0 Å². The number of hydrogen-bond donors (Lipinski definition) is 0. The van der Waals surface area contributed by atoms with Gasteiger partial charge in [-0.2, -0.15) is 18.3 Å². The number of halogens is 3. The number of ketones is 1. The molecular formula is C25H26F3N5O2. The summed E-state index contributed by atoms with van der Waals surface area (Å²) in [5.41, 5.74) is 1.82. The Morgan fingerprint density at radius 3 is 2.11 bits per heavy atom. The summed E-state index contributed by atoms with van der Waals surface area (Å²) in [5.74, 6) is -0.0420. The average Bonchev–Trinajstić information content (AvgIpc) is 3.29. The van der Waals surface area contributed by atoms with Crippen LogP contribution >= 0.6 is 0 Å². The Kier molecular flexibility index (Phi) is 6.64. The number of benzene rings is 1. The molecule has 3 aromatic rings. The third-order valence-electron chi connectivity index (χ3n) is 6.08. The molecule has 1 aromatic carbocycles. The first-order chi connectivity index (χ1) is 16.6. The Labute approximate surface area is 201 Å². The van der Waals surface area contributed by atoms with E-state index in [0.717, 1.165) is 18.0 Å². The van der Waals surface area contributed by atoms with Crippen molar-refractivity contribution < 1.29 is 22.8 Å². The zero-order chi connectivity index (χ0) is 25.3. The van der Waals surface area contributed by atoms with Crippen LogP contribution in [0.25, 0.3) is 5.82 Å². The molecular weight excluding hydrogens is 459 g/mol. The first-order valence-electron chi connectivity index (χ1n) is 11.3. The van der Waals surface area contributed by atoms with Crippen LogP contribution in [0, 0.1) is 0 Å². The number of anilines is 1. The SMILES string of the molecule is CC(=O)c1ccc(N2CCN(C(=O)c3cnn(-c4ccc(C(F)(F)F)cn4)c3C(C)C)CC2)cc1. The topological polar surface area (TPSA) is 71.3 Å². The van der Waals surface area contributed by atoms with E-state index in [4.69, 9.17) is 0 Å². The Morgan fingerprint density at radius 2 is 1.60 bits per heavy atom. The zero-order valence-corrected chi connectivity index (χ0v) is 19.7. The van der Waals surface area contributed by atoms with Gasteiger partial charge >= 0.3 is 6.18 Å². The molecule has 10 heteroatoms. The van der Waals surface area contributed by atoms with E-state index in [2.05, 4.69) is 15.0 Å². The number of aromatic nitrogens is 3. The van der Waals surface area contributed by atoms with Crippen LogP contribution in [0.4, 0.5) is 18.9 Å². The summed E-state index contributed by atoms with van der Waals surface area (Å²) in [7, 11) is 0. The van der Waals surface area contributed by atoms with E-state index < -0.39 is 11.7 Å². The predicted octanol–water partition coefficient (Wildman–Crippen LogP) is 4.57. The smallest absolute Gasteiger partial charge is 0.368 e. The number of carbonyl (C=O) groups is 2. The third kappa shape index (κ3) is 5.06. The highest BCUT2D eigenvalue weighted by Crippen LogP contribution is 2.30. The van der Waals surface area contributed by atoms with Gasteiger partial charge in [0.2, 0.25) is 0 Å². The number of piperazine rings is 1. The van der Waals surface area contributed by atoms with Crippen molar-refractivity contribution in [3.63, 3.8) is 0 Å². The third-order valence-corrected chi connectivity index (χ3v) is 6.08. The molecule has 0 bridgehead atoms. The maximum atomic E-state index is 13.4. The minimum atomic E-state index is -4.48. The molecule has 0 radical (unpaired) electrons. The van der Waals surface area contributed by atoms with Gasteiger partial charge in [0, 0.05) is 43.6 Å². The molecule has 3 heterocycles. The van der Waals surface area contributed by atoms with E-state index in [1.807, 2.05) is 26.0 Å². The number of carbonyl (C=O) groups excluding carboxylic acids is 2. The van der Waals surface area contributed by atoms with Gasteiger partial charge in [0.05, 0.1) is 23.0 Å². The van der Waals surface area contributed by atoms with E-state index in [0.29, 0.717) is 43.0 Å². The molecule has 0 unspecified atom stereocenters. The number of alkyl halides is 3. The average molecular weight is 486 g/mol. The highest BCUT2D eigenvalue weighted by Gasteiger charge is 2.31. The lowest BCUT2D eigenvalue weighted by Crippen LogP contribution is -2.49. The number of amides is 1. The Balaban J connectivity index is 1.50. The van der Waals surface area contributed by atoms with Gasteiger partial charge in [0.1, 0.15) is 0 Å². The molecule has 1 fully saturated rings. The molecule has 184 valence electrons. The lowest BCUT2D eigenvalue weighted by Gasteiger charge is -2.36. The van der Waals surface area contributed by atoms with Crippen molar-refractivity contribution in [2.45, 2.75) is 32.9 Å². The molecule has 1 saturated heterocycles. The van der Waals surface area contributed by atoms with Crippen molar-refractivity contribution in [1.82, 2.24) is 19.7 Å². The summed E-state index contributed by atoms with van der Waals surface area (Å²) < 4.78 is 40.1. The van der Waals surface area contributed by atoms with Crippen LogP contribution in [0.1, 0.15) is 58.7 Å². The van der Waals surface area contributed by atoms with Gasteiger partial charge in [0.25, 0.3) is 5.91 Å². The van der Waals surface area contributed by atoms with Gasteiger partial charge in [-0.15, -0.1) is 0 Å². The minimum Gasteiger partial charge on any atom is -0.368 e. The lowest BCUT2D eigenvalue weighted by molar-refractivity contribution is -0.137. The molecule has 0 atom stereocenters. The van der Waals surface area contributed by atoms with Crippen LogP contribution in [0.5, 0.6) is 0 Å². The van der Waals surface area contributed by atoms with Crippen molar-refractivity contribution >= 4 is 17.4 Å². The van der Waals surface area contributed by atoms with Crippen molar-refractivity contribution in [2.75, 3.05) is 31.1 Å². The van der Waals surface area contributed by atoms with Crippen LogP contribution in [0.15, 0.2) is 48.8 Å². The highest BCUT2D eigenvalue weighted by atomic mass is 19.4. The van der Waals surface area contributed by atoms with Crippen LogP contribution in [0.2, 0.25) is 0 Å². The molecule has 2 aromatic heterocycles. The number of nitrogens with zero attached hydrogens (tertiary/aromatic N) is 5. The number of Topliss-reactive ketones (excluding diaryl/α,β-unsaturated/α-hetero) is 1. The van der Waals surface area contributed by atoms with Crippen LogP contribution in [-0.2, 0) is 6.18 Å². The summed E-state index contributed by atoms with van der Waals surface area (Å²) >= 11 is 0. The van der Waals surface area contributed by atoms with Gasteiger partial charge in [-0.1, -0.05) is 13.8 Å². The van der Waals surface area contributed by atoms with Gasteiger partial charge in [-0.3, -0.25) is 9.59 Å². The summed E-state index contributed by atoms with van der Waals surface area (Å²) in [6.45, 7) is 7.62. The van der Waals surface area contributed by atoms with Crippen LogP contribution in [0.3, 0.4) is 0 Å². The summed E-state index contributed by atoms with van der Waals surface area (Å²) in [6, 6.07) is 9.63. The normalized spacial score (nSPS) is 14.5. The quantitative estimate of drug-likeness (QED) is 0.495.